The number of rotatable bonds is 5. The van der Waals surface area contributed by atoms with Crippen LogP contribution in [0.1, 0.15) is 12.7 Å². The van der Waals surface area contributed by atoms with E-state index in [1.54, 1.807) is 17.8 Å². The number of sulfonamides is 1. The van der Waals surface area contributed by atoms with E-state index in [1.807, 2.05) is 6.92 Å². The molecule has 1 N–H and O–H groups in total. The summed E-state index contributed by atoms with van der Waals surface area (Å²) in [6, 6.07) is 1.60. The molecule has 1 aromatic heterocycles. The van der Waals surface area contributed by atoms with Gasteiger partial charge in [0.15, 0.2) is 4.67 Å². The fourth-order valence-electron chi connectivity index (χ4n) is 1.84. The van der Waals surface area contributed by atoms with Crippen molar-refractivity contribution in [3.63, 3.8) is 0 Å². The third-order valence-electron chi connectivity index (χ3n) is 2.84. The monoisotopic (exact) mass is 368 g/mol. The summed E-state index contributed by atoms with van der Waals surface area (Å²) in [5.41, 5.74) is 0. The van der Waals surface area contributed by atoms with Crippen LogP contribution >= 0.6 is 27.7 Å². The minimum absolute atomic E-state index is 0.229. The van der Waals surface area contributed by atoms with E-state index in [4.69, 9.17) is 4.42 Å². The predicted molar refractivity (Wildman–Crippen MR) is 79.9 cm³/mol. The third-order valence-corrected chi connectivity index (χ3v) is 6.54. The second kappa shape index (κ2) is 6.62. The Kier molecular flexibility index (Phi) is 5.36. The molecule has 0 aromatic carbocycles. The molecule has 5 nitrogen and oxygen atoms in total. The summed E-state index contributed by atoms with van der Waals surface area (Å²) in [6.07, 6.45) is 0. The molecule has 0 spiro atoms. The molecule has 108 valence electrons. The molecule has 1 aliphatic rings. The van der Waals surface area contributed by atoms with Gasteiger partial charge in [-0.15, -0.1) is 0 Å². The van der Waals surface area contributed by atoms with Crippen molar-refractivity contribution in [1.82, 2.24) is 9.62 Å². The third kappa shape index (κ3) is 3.55. The smallest absolute Gasteiger partial charge is 0.247 e. The zero-order valence-corrected chi connectivity index (χ0v) is 13.9. The van der Waals surface area contributed by atoms with Crippen LogP contribution in [-0.2, 0) is 16.6 Å². The fourth-order valence-corrected chi connectivity index (χ4v) is 5.37. The molecule has 1 fully saturated rings. The quantitative estimate of drug-likeness (QED) is 0.859. The summed E-state index contributed by atoms with van der Waals surface area (Å²) in [4.78, 5) is 0.229. The van der Waals surface area contributed by atoms with Crippen LogP contribution in [-0.4, -0.2) is 43.9 Å². The Hall–Kier alpha value is -0.0200. The Labute approximate surface area is 126 Å². The summed E-state index contributed by atoms with van der Waals surface area (Å²) >= 11 is 4.99. The number of hydrogen-bond acceptors (Lipinski definition) is 5. The van der Waals surface area contributed by atoms with Gasteiger partial charge in [0.25, 0.3) is 0 Å². The lowest BCUT2D eigenvalue weighted by Crippen LogP contribution is -2.37. The molecular formula is C11H17BrN2O3S2. The van der Waals surface area contributed by atoms with Crippen molar-refractivity contribution in [1.29, 1.82) is 0 Å². The van der Waals surface area contributed by atoms with Gasteiger partial charge in [-0.25, -0.2) is 8.42 Å². The minimum Gasteiger partial charge on any atom is -0.452 e. The lowest BCUT2D eigenvalue weighted by Gasteiger charge is -2.24. The molecule has 0 bridgehead atoms. The van der Waals surface area contributed by atoms with Crippen LogP contribution in [0.15, 0.2) is 20.0 Å². The Morgan fingerprint density at radius 2 is 2.16 bits per heavy atom. The van der Waals surface area contributed by atoms with Crippen LogP contribution < -0.4 is 5.32 Å². The molecule has 8 heteroatoms. The highest BCUT2D eigenvalue weighted by molar-refractivity contribution is 9.10. The topological polar surface area (TPSA) is 62.6 Å². The number of thioether (sulfide) groups is 1. The van der Waals surface area contributed by atoms with Crippen LogP contribution in [0.5, 0.6) is 0 Å². The first kappa shape index (κ1) is 15.4. The Morgan fingerprint density at radius 3 is 2.79 bits per heavy atom. The van der Waals surface area contributed by atoms with Crippen molar-refractivity contribution in [2.24, 2.45) is 0 Å². The second-order valence-corrected chi connectivity index (χ2v) is 8.00. The van der Waals surface area contributed by atoms with Crippen LogP contribution in [0.25, 0.3) is 0 Å². The van der Waals surface area contributed by atoms with Crippen LogP contribution in [0, 0.1) is 0 Å². The van der Waals surface area contributed by atoms with E-state index < -0.39 is 10.0 Å². The van der Waals surface area contributed by atoms with Crippen molar-refractivity contribution in [3.05, 3.63) is 16.5 Å². The van der Waals surface area contributed by atoms with E-state index >= 15 is 0 Å². The number of hydrogen-bond donors (Lipinski definition) is 1. The van der Waals surface area contributed by atoms with E-state index in [0.29, 0.717) is 30.1 Å². The molecule has 19 heavy (non-hydrogen) atoms. The lowest BCUT2D eigenvalue weighted by atomic mass is 10.4. The highest BCUT2D eigenvalue weighted by Crippen LogP contribution is 2.29. The van der Waals surface area contributed by atoms with Gasteiger partial charge in [0.2, 0.25) is 10.0 Å². The largest absolute Gasteiger partial charge is 0.452 e. The summed E-state index contributed by atoms with van der Waals surface area (Å²) in [6.45, 7) is 4.45. The van der Waals surface area contributed by atoms with E-state index in [1.165, 1.54) is 4.31 Å². The average Bonchev–Trinajstić information content (AvgIpc) is 2.79. The molecule has 1 aliphatic heterocycles. The summed E-state index contributed by atoms with van der Waals surface area (Å²) in [5.74, 6) is 2.32. The van der Waals surface area contributed by atoms with Crippen LogP contribution in [0.2, 0.25) is 0 Å². The van der Waals surface area contributed by atoms with E-state index in [-0.39, 0.29) is 4.90 Å². The maximum atomic E-state index is 12.5. The van der Waals surface area contributed by atoms with Crippen molar-refractivity contribution >= 4 is 37.7 Å². The summed E-state index contributed by atoms with van der Waals surface area (Å²) in [5, 5.41) is 3.11. The van der Waals surface area contributed by atoms with Crippen molar-refractivity contribution in [2.45, 2.75) is 18.4 Å². The number of nitrogens with one attached hydrogen (secondary N) is 1. The van der Waals surface area contributed by atoms with E-state index in [2.05, 4.69) is 21.2 Å². The highest BCUT2D eigenvalue weighted by atomic mass is 79.9. The predicted octanol–water partition coefficient (Wildman–Crippen LogP) is 1.89. The highest BCUT2D eigenvalue weighted by Gasteiger charge is 2.30. The standard InChI is InChI=1S/C11H17BrN2O3S2/c1-2-13-8-9-7-10(11(12)17-9)19(15,16)14-3-5-18-6-4-14/h7,13H,2-6,8H2,1H3. The number of nitrogens with zero attached hydrogens (tertiary/aromatic N) is 1. The van der Waals surface area contributed by atoms with Gasteiger partial charge >= 0.3 is 0 Å². The van der Waals surface area contributed by atoms with Gasteiger partial charge in [0.1, 0.15) is 10.7 Å². The first-order valence-corrected chi connectivity index (χ1v) is 9.51. The molecule has 0 atom stereocenters. The molecule has 2 heterocycles. The summed E-state index contributed by atoms with van der Waals surface area (Å²) < 4.78 is 32.3. The Bertz CT molecular complexity index is 524. The van der Waals surface area contributed by atoms with Gasteiger partial charge in [-0.2, -0.15) is 16.1 Å². The Morgan fingerprint density at radius 1 is 1.47 bits per heavy atom. The maximum Gasteiger partial charge on any atom is 0.247 e. The van der Waals surface area contributed by atoms with Gasteiger partial charge in [0, 0.05) is 30.7 Å². The van der Waals surface area contributed by atoms with Crippen LogP contribution in [0.3, 0.4) is 0 Å². The second-order valence-electron chi connectivity index (χ2n) is 4.15. The molecule has 2 rings (SSSR count). The van der Waals surface area contributed by atoms with Crippen molar-refractivity contribution in [3.8, 4) is 0 Å². The molecule has 1 aromatic rings. The number of furan rings is 1. The number of halogens is 1. The molecule has 0 amide bonds. The fraction of sp³-hybridized carbons (Fsp3) is 0.636. The molecule has 1 saturated heterocycles. The van der Waals surface area contributed by atoms with Gasteiger partial charge in [-0.05, 0) is 22.5 Å². The first-order valence-electron chi connectivity index (χ1n) is 6.12. The van der Waals surface area contributed by atoms with Gasteiger partial charge in [-0.1, -0.05) is 6.92 Å². The molecule has 0 unspecified atom stereocenters. The summed E-state index contributed by atoms with van der Waals surface area (Å²) in [7, 11) is -3.45. The first-order chi connectivity index (χ1) is 9.05. The molecule has 0 radical (unpaired) electrons. The maximum absolute atomic E-state index is 12.5. The van der Waals surface area contributed by atoms with E-state index in [9.17, 15) is 8.42 Å². The van der Waals surface area contributed by atoms with Crippen molar-refractivity contribution < 1.29 is 12.8 Å². The average molecular weight is 369 g/mol. The van der Waals surface area contributed by atoms with Crippen LogP contribution in [0.4, 0.5) is 0 Å². The molecule has 0 aliphatic carbocycles. The normalized spacial score (nSPS) is 17.8. The van der Waals surface area contributed by atoms with Gasteiger partial charge in [-0.3, -0.25) is 0 Å². The van der Waals surface area contributed by atoms with Gasteiger partial charge < -0.3 is 9.73 Å². The lowest BCUT2D eigenvalue weighted by molar-refractivity contribution is 0.437. The van der Waals surface area contributed by atoms with E-state index in [0.717, 1.165) is 18.1 Å². The van der Waals surface area contributed by atoms with Gasteiger partial charge in [0.05, 0.1) is 6.54 Å². The molecular weight excluding hydrogens is 352 g/mol. The molecule has 0 saturated carbocycles. The minimum atomic E-state index is -3.45. The zero-order chi connectivity index (χ0) is 13.9. The zero-order valence-electron chi connectivity index (χ0n) is 10.7. The van der Waals surface area contributed by atoms with Crippen molar-refractivity contribution in [2.75, 3.05) is 31.1 Å². The Balaban J connectivity index is 2.21. The SMILES string of the molecule is CCNCc1cc(S(=O)(=O)N2CCSCC2)c(Br)o1.